The van der Waals surface area contributed by atoms with Crippen LogP contribution in [0.25, 0.3) is 0 Å². The van der Waals surface area contributed by atoms with Crippen molar-refractivity contribution in [1.29, 1.82) is 0 Å². The Bertz CT molecular complexity index is 473. The minimum absolute atomic E-state index is 0.168. The molecule has 5 nitrogen and oxygen atoms in total. The molecule has 1 aliphatic heterocycles. The van der Waals surface area contributed by atoms with Crippen LogP contribution in [0.1, 0.15) is 12.0 Å². The molecule has 2 rings (SSSR count). The predicted molar refractivity (Wildman–Crippen MR) is 82.2 cm³/mol. The molecule has 21 heavy (non-hydrogen) atoms. The normalized spacial score (nSPS) is 15.8. The molecule has 0 aliphatic carbocycles. The lowest BCUT2D eigenvalue weighted by atomic mass is 10.2. The van der Waals surface area contributed by atoms with Crippen LogP contribution in [0.5, 0.6) is 0 Å². The summed E-state index contributed by atoms with van der Waals surface area (Å²) in [7, 11) is 0. The van der Waals surface area contributed by atoms with Crippen molar-refractivity contribution >= 4 is 23.5 Å². The lowest BCUT2D eigenvalue weighted by molar-refractivity contribution is -0.119. The van der Waals surface area contributed by atoms with Crippen molar-refractivity contribution in [3.8, 4) is 0 Å². The molecule has 0 atom stereocenters. The van der Waals surface area contributed by atoms with E-state index >= 15 is 0 Å². The molecule has 0 unspecified atom stereocenters. The topological polar surface area (TPSA) is 52.7 Å². The van der Waals surface area contributed by atoms with Crippen LogP contribution in [0.2, 0.25) is 0 Å². The second-order valence-corrected chi connectivity index (χ2v) is 5.42. The fourth-order valence-electron chi connectivity index (χ4n) is 2.30. The molecule has 1 heterocycles. The van der Waals surface area contributed by atoms with Gasteiger partial charge in [-0.05, 0) is 5.56 Å². The van der Waals surface area contributed by atoms with Gasteiger partial charge in [0.1, 0.15) is 0 Å². The lowest BCUT2D eigenvalue weighted by Gasteiger charge is -2.34. The number of rotatable bonds is 4. The number of benzene rings is 1. The van der Waals surface area contributed by atoms with Crippen LogP contribution >= 0.6 is 11.6 Å². The van der Waals surface area contributed by atoms with Gasteiger partial charge in [0.15, 0.2) is 0 Å². The van der Waals surface area contributed by atoms with E-state index in [4.69, 9.17) is 11.6 Å². The van der Waals surface area contributed by atoms with Crippen molar-refractivity contribution in [3.05, 3.63) is 35.9 Å². The van der Waals surface area contributed by atoms with Crippen LogP contribution < -0.4 is 5.32 Å². The van der Waals surface area contributed by atoms with Gasteiger partial charge in [-0.1, -0.05) is 30.3 Å². The molecule has 6 heteroatoms. The SMILES string of the molecule is O=C(CCCl)NC(=O)N1CCN(Cc2ccccc2)CC1. The molecule has 1 aromatic rings. The van der Waals surface area contributed by atoms with Crippen molar-refractivity contribution in [2.75, 3.05) is 32.1 Å². The first-order chi connectivity index (χ1) is 10.2. The number of nitrogens with one attached hydrogen (secondary N) is 1. The monoisotopic (exact) mass is 309 g/mol. The number of urea groups is 1. The zero-order valence-corrected chi connectivity index (χ0v) is 12.7. The zero-order valence-electron chi connectivity index (χ0n) is 11.9. The van der Waals surface area contributed by atoms with E-state index in [-0.39, 0.29) is 24.2 Å². The van der Waals surface area contributed by atoms with Gasteiger partial charge < -0.3 is 4.90 Å². The fraction of sp³-hybridized carbons (Fsp3) is 0.467. The third-order valence-corrected chi connectivity index (χ3v) is 3.67. The molecule has 0 aromatic heterocycles. The van der Waals surface area contributed by atoms with Crippen LogP contribution in [-0.4, -0.2) is 53.8 Å². The van der Waals surface area contributed by atoms with Crippen LogP contribution in [0.3, 0.4) is 0 Å². The molecule has 0 spiro atoms. The predicted octanol–water partition coefficient (Wildman–Crippen LogP) is 1.67. The summed E-state index contributed by atoms with van der Waals surface area (Å²) in [5.74, 6) is -0.0917. The van der Waals surface area contributed by atoms with Crippen molar-refractivity contribution in [2.45, 2.75) is 13.0 Å². The molecule has 1 aliphatic rings. The summed E-state index contributed by atoms with van der Waals surface area (Å²) in [4.78, 5) is 27.2. The minimum atomic E-state index is -0.318. The molecular formula is C15H20ClN3O2. The van der Waals surface area contributed by atoms with E-state index in [1.165, 1.54) is 5.56 Å². The number of nitrogens with zero attached hydrogens (tertiary/aromatic N) is 2. The third kappa shape index (κ3) is 5.02. The van der Waals surface area contributed by atoms with Gasteiger partial charge in [-0.3, -0.25) is 15.0 Å². The average molecular weight is 310 g/mol. The van der Waals surface area contributed by atoms with Gasteiger partial charge in [-0.2, -0.15) is 0 Å². The fourth-order valence-corrected chi connectivity index (χ4v) is 2.47. The van der Waals surface area contributed by atoms with Crippen molar-refractivity contribution in [3.63, 3.8) is 0 Å². The maximum atomic E-state index is 11.9. The molecule has 0 bridgehead atoms. The maximum absolute atomic E-state index is 11.9. The van der Waals surface area contributed by atoms with E-state index in [0.29, 0.717) is 13.1 Å². The molecule has 3 amide bonds. The Hall–Kier alpha value is -1.59. The van der Waals surface area contributed by atoms with E-state index in [1.54, 1.807) is 4.90 Å². The second-order valence-electron chi connectivity index (χ2n) is 5.04. The van der Waals surface area contributed by atoms with Crippen molar-refractivity contribution in [1.82, 2.24) is 15.1 Å². The lowest BCUT2D eigenvalue weighted by Crippen LogP contribution is -2.52. The molecule has 1 fully saturated rings. The van der Waals surface area contributed by atoms with E-state index in [0.717, 1.165) is 19.6 Å². The Labute approximate surface area is 129 Å². The largest absolute Gasteiger partial charge is 0.324 e. The Kier molecular flexibility index (Phi) is 6.02. The summed E-state index contributed by atoms with van der Waals surface area (Å²) in [6.45, 7) is 3.78. The number of amides is 3. The van der Waals surface area contributed by atoms with Gasteiger partial charge in [0.25, 0.3) is 0 Å². The van der Waals surface area contributed by atoms with Crippen LogP contribution in [0.4, 0.5) is 4.79 Å². The first-order valence-electron chi connectivity index (χ1n) is 7.10. The van der Waals surface area contributed by atoms with Crippen LogP contribution in [0.15, 0.2) is 30.3 Å². The Morgan fingerprint density at radius 1 is 1.10 bits per heavy atom. The Morgan fingerprint density at radius 2 is 1.76 bits per heavy atom. The van der Waals surface area contributed by atoms with Gasteiger partial charge in [0.2, 0.25) is 5.91 Å². The molecule has 0 saturated carbocycles. The summed E-state index contributed by atoms with van der Waals surface area (Å²) >= 11 is 5.47. The van der Waals surface area contributed by atoms with Crippen molar-refractivity contribution < 1.29 is 9.59 Å². The maximum Gasteiger partial charge on any atom is 0.324 e. The molecule has 1 aromatic carbocycles. The zero-order chi connectivity index (χ0) is 15.1. The summed E-state index contributed by atoms with van der Waals surface area (Å²) in [6.07, 6.45) is 0.168. The first-order valence-corrected chi connectivity index (χ1v) is 7.63. The molecule has 1 N–H and O–H groups in total. The van der Waals surface area contributed by atoms with E-state index in [9.17, 15) is 9.59 Å². The second kappa shape index (κ2) is 8.00. The van der Waals surface area contributed by atoms with Gasteiger partial charge >= 0.3 is 6.03 Å². The summed E-state index contributed by atoms with van der Waals surface area (Å²) in [5.41, 5.74) is 1.27. The number of halogens is 1. The molecule has 1 saturated heterocycles. The highest BCUT2D eigenvalue weighted by atomic mass is 35.5. The number of carbonyl (C=O) groups is 2. The highest BCUT2D eigenvalue weighted by molar-refractivity contribution is 6.19. The number of carbonyl (C=O) groups excluding carboxylic acids is 2. The highest BCUT2D eigenvalue weighted by Gasteiger charge is 2.22. The average Bonchev–Trinajstić information content (AvgIpc) is 2.49. The molecular weight excluding hydrogens is 290 g/mol. The Balaban J connectivity index is 1.75. The summed E-state index contributed by atoms with van der Waals surface area (Å²) < 4.78 is 0. The molecule has 0 radical (unpaired) electrons. The highest BCUT2D eigenvalue weighted by Crippen LogP contribution is 2.08. The van der Waals surface area contributed by atoms with Gasteiger partial charge in [-0.15, -0.1) is 11.6 Å². The summed E-state index contributed by atoms with van der Waals surface area (Å²) in [6, 6.07) is 9.95. The number of hydrogen-bond acceptors (Lipinski definition) is 3. The number of imide groups is 1. The van der Waals surface area contributed by atoms with Crippen molar-refractivity contribution in [2.24, 2.45) is 0 Å². The smallest absolute Gasteiger partial charge is 0.322 e. The van der Waals surface area contributed by atoms with Crippen LogP contribution in [0, 0.1) is 0 Å². The quantitative estimate of drug-likeness (QED) is 0.861. The van der Waals surface area contributed by atoms with Gasteiger partial charge in [-0.25, -0.2) is 4.79 Å². The van der Waals surface area contributed by atoms with E-state index < -0.39 is 0 Å². The third-order valence-electron chi connectivity index (χ3n) is 3.48. The summed E-state index contributed by atoms with van der Waals surface area (Å²) in [5, 5.41) is 2.36. The number of alkyl halides is 1. The standard InChI is InChI=1S/C15H20ClN3O2/c16-7-6-14(20)17-15(21)19-10-8-18(9-11-19)12-13-4-2-1-3-5-13/h1-5H,6-12H2,(H,17,20,21). The Morgan fingerprint density at radius 3 is 2.38 bits per heavy atom. The van der Waals surface area contributed by atoms with Gasteiger partial charge in [0.05, 0.1) is 0 Å². The minimum Gasteiger partial charge on any atom is -0.322 e. The number of hydrogen-bond donors (Lipinski definition) is 1. The van der Waals surface area contributed by atoms with Gasteiger partial charge in [0, 0.05) is 45.0 Å². The molecule has 114 valence electrons. The van der Waals surface area contributed by atoms with E-state index in [1.807, 2.05) is 18.2 Å². The first kappa shape index (κ1) is 15.8. The number of piperazine rings is 1. The van der Waals surface area contributed by atoms with Crippen LogP contribution in [-0.2, 0) is 11.3 Å². The van der Waals surface area contributed by atoms with E-state index in [2.05, 4.69) is 22.3 Å².